The molecule has 0 aliphatic heterocycles. The SMILES string of the molecule is Cc1ccc(-c2c(C(N)=O)cccc2C(C)(C)C#N)cc1Nc1ccc2ncn(C)c(=O)c2c1. The number of aromatic nitrogens is 2. The van der Waals surface area contributed by atoms with E-state index in [0.717, 1.165) is 28.1 Å². The maximum Gasteiger partial charge on any atom is 0.260 e. The van der Waals surface area contributed by atoms with Crippen molar-refractivity contribution >= 4 is 28.2 Å². The number of nitrogens with zero attached hydrogens (tertiary/aromatic N) is 3. The molecule has 1 aromatic heterocycles. The summed E-state index contributed by atoms with van der Waals surface area (Å²) < 4.78 is 1.44. The van der Waals surface area contributed by atoms with Crippen LogP contribution in [0, 0.1) is 18.3 Å². The zero-order valence-electron chi connectivity index (χ0n) is 19.5. The molecule has 7 nitrogen and oxygen atoms in total. The molecular weight excluding hydrogens is 426 g/mol. The summed E-state index contributed by atoms with van der Waals surface area (Å²) in [5.74, 6) is -0.557. The van der Waals surface area contributed by atoms with E-state index in [9.17, 15) is 14.9 Å². The molecule has 3 aromatic carbocycles. The van der Waals surface area contributed by atoms with Crippen LogP contribution in [0.25, 0.3) is 22.0 Å². The van der Waals surface area contributed by atoms with Crippen molar-refractivity contribution in [3.05, 3.63) is 88.0 Å². The van der Waals surface area contributed by atoms with Gasteiger partial charge in [-0.25, -0.2) is 4.98 Å². The van der Waals surface area contributed by atoms with Crippen molar-refractivity contribution in [3.63, 3.8) is 0 Å². The van der Waals surface area contributed by atoms with Crippen LogP contribution < -0.4 is 16.6 Å². The number of rotatable bonds is 5. The third-order valence-electron chi connectivity index (χ3n) is 6.01. The zero-order valence-corrected chi connectivity index (χ0v) is 19.5. The number of carbonyl (C=O) groups excluding carboxylic acids is 1. The van der Waals surface area contributed by atoms with Gasteiger partial charge < -0.3 is 15.6 Å². The summed E-state index contributed by atoms with van der Waals surface area (Å²) in [5.41, 5.74) is 10.4. The number of hydrogen-bond donors (Lipinski definition) is 2. The Hall–Kier alpha value is -4.44. The Bertz CT molecular complexity index is 1540. The van der Waals surface area contributed by atoms with E-state index >= 15 is 0 Å². The fourth-order valence-electron chi connectivity index (χ4n) is 4.01. The third kappa shape index (κ3) is 4.02. The minimum atomic E-state index is -0.829. The Morgan fingerprint density at radius 2 is 1.91 bits per heavy atom. The first-order chi connectivity index (χ1) is 16.1. The monoisotopic (exact) mass is 451 g/mol. The molecule has 0 radical (unpaired) electrons. The van der Waals surface area contributed by atoms with Crippen LogP contribution in [0.3, 0.4) is 0 Å². The standard InChI is InChI=1S/C27H25N5O2/c1-16-8-9-17(24-19(25(29)33)6-5-7-21(24)27(2,3)14-28)12-23(16)31-18-10-11-22-20(13-18)26(34)32(4)15-30-22/h5-13,15,31H,1-4H3,(H2,29,33). The largest absolute Gasteiger partial charge is 0.366 e. The molecule has 4 aromatic rings. The first-order valence-corrected chi connectivity index (χ1v) is 10.8. The van der Waals surface area contributed by atoms with Crippen LogP contribution in [-0.4, -0.2) is 15.5 Å². The number of benzene rings is 3. The van der Waals surface area contributed by atoms with Crippen molar-refractivity contribution in [2.24, 2.45) is 12.8 Å². The highest BCUT2D eigenvalue weighted by atomic mass is 16.1. The van der Waals surface area contributed by atoms with Gasteiger partial charge in [0.05, 0.1) is 28.7 Å². The molecule has 3 N–H and O–H groups in total. The van der Waals surface area contributed by atoms with Gasteiger partial charge in [0.15, 0.2) is 0 Å². The second-order valence-electron chi connectivity index (χ2n) is 8.88. The molecule has 0 aliphatic carbocycles. The van der Waals surface area contributed by atoms with Gasteiger partial charge in [0.25, 0.3) is 5.56 Å². The lowest BCUT2D eigenvalue weighted by molar-refractivity contribution is 0.100. The Balaban J connectivity index is 1.86. The number of aryl methyl sites for hydroxylation is 2. The number of fused-ring (bicyclic) bond motifs is 1. The van der Waals surface area contributed by atoms with E-state index in [2.05, 4.69) is 16.4 Å². The van der Waals surface area contributed by atoms with E-state index in [1.54, 1.807) is 31.3 Å². The van der Waals surface area contributed by atoms with Crippen LogP contribution in [0.15, 0.2) is 65.7 Å². The first kappa shape index (κ1) is 22.7. The Labute approximate surface area is 197 Å². The minimum Gasteiger partial charge on any atom is -0.366 e. The first-order valence-electron chi connectivity index (χ1n) is 10.8. The van der Waals surface area contributed by atoms with Crippen LogP contribution >= 0.6 is 0 Å². The van der Waals surface area contributed by atoms with Gasteiger partial charge in [-0.05, 0) is 73.4 Å². The van der Waals surface area contributed by atoms with Gasteiger partial charge in [-0.15, -0.1) is 0 Å². The van der Waals surface area contributed by atoms with Crippen LogP contribution in [-0.2, 0) is 12.5 Å². The number of primary amides is 1. The number of carbonyl (C=O) groups is 1. The molecule has 0 unspecified atom stereocenters. The summed E-state index contributed by atoms with van der Waals surface area (Å²) in [6.07, 6.45) is 1.50. The topological polar surface area (TPSA) is 114 Å². The number of nitriles is 1. The molecule has 0 bridgehead atoms. The molecule has 4 rings (SSSR count). The van der Waals surface area contributed by atoms with E-state index in [4.69, 9.17) is 5.73 Å². The molecule has 0 aliphatic rings. The predicted molar refractivity (Wildman–Crippen MR) is 134 cm³/mol. The number of nitrogens with two attached hydrogens (primary N) is 1. The van der Waals surface area contributed by atoms with Gasteiger partial charge in [-0.1, -0.05) is 24.3 Å². The number of amides is 1. The number of hydrogen-bond acceptors (Lipinski definition) is 5. The summed E-state index contributed by atoms with van der Waals surface area (Å²) in [4.78, 5) is 29.1. The molecule has 0 saturated heterocycles. The molecule has 1 amide bonds. The Morgan fingerprint density at radius 1 is 1.15 bits per heavy atom. The molecular formula is C27H25N5O2. The second kappa shape index (κ2) is 8.49. The summed E-state index contributed by atoms with van der Waals surface area (Å²) in [6.45, 7) is 5.59. The van der Waals surface area contributed by atoms with Crippen molar-refractivity contribution in [2.45, 2.75) is 26.2 Å². The summed E-state index contributed by atoms with van der Waals surface area (Å²) in [7, 11) is 1.67. The second-order valence-corrected chi connectivity index (χ2v) is 8.88. The predicted octanol–water partition coefficient (Wildman–Crippen LogP) is 4.55. The Kier molecular flexibility index (Phi) is 5.68. The lowest BCUT2D eigenvalue weighted by Crippen LogP contribution is -2.19. The number of anilines is 2. The fourth-order valence-corrected chi connectivity index (χ4v) is 4.01. The molecule has 0 spiro atoms. The minimum absolute atomic E-state index is 0.127. The summed E-state index contributed by atoms with van der Waals surface area (Å²) in [6, 6.07) is 18.8. The van der Waals surface area contributed by atoms with Gasteiger partial charge >= 0.3 is 0 Å². The molecule has 0 saturated carbocycles. The van der Waals surface area contributed by atoms with Gasteiger partial charge in [0, 0.05) is 24.0 Å². The molecule has 7 heteroatoms. The lowest BCUT2D eigenvalue weighted by Gasteiger charge is -2.23. The normalized spacial score (nSPS) is 11.3. The van der Waals surface area contributed by atoms with Crippen molar-refractivity contribution in [3.8, 4) is 17.2 Å². The maximum atomic E-state index is 12.5. The molecule has 170 valence electrons. The van der Waals surface area contributed by atoms with Crippen LogP contribution in [0.5, 0.6) is 0 Å². The van der Waals surface area contributed by atoms with Gasteiger partial charge in [0.2, 0.25) is 5.91 Å². The highest BCUT2D eigenvalue weighted by Gasteiger charge is 2.27. The smallest absolute Gasteiger partial charge is 0.260 e. The molecule has 0 atom stereocenters. The van der Waals surface area contributed by atoms with E-state index < -0.39 is 11.3 Å². The highest BCUT2D eigenvalue weighted by molar-refractivity contribution is 6.01. The summed E-state index contributed by atoms with van der Waals surface area (Å²) >= 11 is 0. The van der Waals surface area contributed by atoms with Gasteiger partial charge in [0.1, 0.15) is 0 Å². The van der Waals surface area contributed by atoms with Crippen molar-refractivity contribution in [2.75, 3.05) is 5.32 Å². The average Bonchev–Trinajstić information content (AvgIpc) is 2.82. The van der Waals surface area contributed by atoms with Crippen molar-refractivity contribution < 1.29 is 4.79 Å². The van der Waals surface area contributed by atoms with Crippen LogP contribution in [0.4, 0.5) is 11.4 Å². The summed E-state index contributed by atoms with van der Waals surface area (Å²) in [5, 5.41) is 13.7. The zero-order chi connectivity index (χ0) is 24.6. The van der Waals surface area contributed by atoms with E-state index in [-0.39, 0.29) is 5.56 Å². The van der Waals surface area contributed by atoms with Gasteiger partial charge in [-0.2, -0.15) is 5.26 Å². The highest BCUT2D eigenvalue weighted by Crippen LogP contribution is 2.37. The third-order valence-corrected chi connectivity index (χ3v) is 6.01. The molecule has 34 heavy (non-hydrogen) atoms. The lowest BCUT2D eigenvalue weighted by atomic mass is 9.79. The van der Waals surface area contributed by atoms with Crippen LogP contribution in [0.2, 0.25) is 0 Å². The molecule has 0 fully saturated rings. The van der Waals surface area contributed by atoms with Gasteiger partial charge in [-0.3, -0.25) is 9.59 Å². The maximum absolute atomic E-state index is 12.5. The van der Waals surface area contributed by atoms with Crippen molar-refractivity contribution in [1.29, 1.82) is 5.26 Å². The van der Waals surface area contributed by atoms with E-state index in [1.807, 2.05) is 51.1 Å². The Morgan fingerprint density at radius 3 is 2.62 bits per heavy atom. The van der Waals surface area contributed by atoms with Crippen LogP contribution in [0.1, 0.15) is 35.3 Å². The molecule has 1 heterocycles. The van der Waals surface area contributed by atoms with Crippen molar-refractivity contribution in [1.82, 2.24) is 9.55 Å². The number of nitrogens with one attached hydrogen (secondary N) is 1. The average molecular weight is 452 g/mol. The van der Waals surface area contributed by atoms with E-state index in [0.29, 0.717) is 22.0 Å². The van der Waals surface area contributed by atoms with E-state index in [1.165, 1.54) is 10.9 Å². The quantitative estimate of drug-likeness (QED) is 0.462. The fraction of sp³-hybridized carbons (Fsp3) is 0.185.